The van der Waals surface area contributed by atoms with Crippen LogP contribution in [0.25, 0.3) is 0 Å². The lowest BCUT2D eigenvalue weighted by Gasteiger charge is -2.30. The van der Waals surface area contributed by atoms with Crippen LogP contribution in [0.2, 0.25) is 0 Å². The smallest absolute Gasteiger partial charge is 0.336 e. The minimum atomic E-state index is -0.551. The molecule has 0 aromatic carbocycles. The van der Waals surface area contributed by atoms with Crippen molar-refractivity contribution in [1.82, 2.24) is 4.90 Å². The van der Waals surface area contributed by atoms with Gasteiger partial charge < -0.3 is 9.47 Å². The lowest BCUT2D eigenvalue weighted by Crippen LogP contribution is -2.47. The van der Waals surface area contributed by atoms with E-state index in [-0.39, 0.29) is 5.97 Å². The molecule has 1 heterocycles. The van der Waals surface area contributed by atoms with Crippen LogP contribution in [0.4, 0.5) is 4.39 Å². The fourth-order valence-corrected chi connectivity index (χ4v) is 1.30. The molecule has 0 bridgehead atoms. The molecule has 1 saturated heterocycles. The number of alkyl halides is 1. The zero-order valence-electron chi connectivity index (χ0n) is 7.66. The van der Waals surface area contributed by atoms with Crippen LogP contribution < -0.4 is 0 Å². The summed E-state index contributed by atoms with van der Waals surface area (Å²) in [6.07, 6.45) is -0.551. The van der Waals surface area contributed by atoms with E-state index in [2.05, 4.69) is 4.74 Å². The van der Waals surface area contributed by atoms with E-state index in [9.17, 15) is 9.18 Å². The zero-order chi connectivity index (χ0) is 9.68. The van der Waals surface area contributed by atoms with Gasteiger partial charge in [0.15, 0.2) is 6.10 Å². The van der Waals surface area contributed by atoms with E-state index in [4.69, 9.17) is 4.74 Å². The van der Waals surface area contributed by atoms with Gasteiger partial charge in [0, 0.05) is 19.6 Å². The molecule has 0 aliphatic carbocycles. The topological polar surface area (TPSA) is 38.8 Å². The molecule has 5 heteroatoms. The van der Waals surface area contributed by atoms with Crippen molar-refractivity contribution in [3.05, 3.63) is 0 Å². The molecule has 0 amide bonds. The number of methoxy groups -OCH3 is 1. The molecule has 0 aromatic rings. The van der Waals surface area contributed by atoms with Gasteiger partial charge in [0.05, 0.1) is 13.7 Å². The molecule has 1 aliphatic rings. The number of rotatable bonds is 3. The molecule has 1 aliphatic heterocycles. The number of hydrogen-bond acceptors (Lipinski definition) is 4. The fourth-order valence-electron chi connectivity index (χ4n) is 1.30. The Morgan fingerprint density at radius 3 is 3.15 bits per heavy atom. The highest BCUT2D eigenvalue weighted by Crippen LogP contribution is 2.06. The molecule has 1 rings (SSSR count). The highest BCUT2D eigenvalue weighted by atomic mass is 19.1. The standard InChI is InChI=1S/C8H14FNO3/c1-12-8(11)7-6-10(3-2-9)4-5-13-7/h7H,2-6H2,1H3. The van der Waals surface area contributed by atoms with Gasteiger partial charge in [0.25, 0.3) is 0 Å². The Balaban J connectivity index is 2.37. The molecule has 13 heavy (non-hydrogen) atoms. The fraction of sp³-hybridized carbons (Fsp3) is 0.875. The van der Waals surface area contributed by atoms with Gasteiger partial charge in [-0.05, 0) is 0 Å². The molecule has 1 fully saturated rings. The monoisotopic (exact) mass is 191 g/mol. The molecular weight excluding hydrogens is 177 g/mol. The lowest BCUT2D eigenvalue weighted by molar-refractivity contribution is -0.159. The highest BCUT2D eigenvalue weighted by molar-refractivity contribution is 5.74. The molecule has 0 aromatic heterocycles. The number of nitrogens with zero attached hydrogens (tertiary/aromatic N) is 1. The normalized spacial score (nSPS) is 24.3. The van der Waals surface area contributed by atoms with Crippen LogP contribution in [0.1, 0.15) is 0 Å². The Kier molecular flexibility index (Phi) is 4.11. The van der Waals surface area contributed by atoms with Crippen LogP contribution in [-0.2, 0) is 14.3 Å². The maximum Gasteiger partial charge on any atom is 0.336 e. The minimum absolute atomic E-state index is 0.358. The number of carbonyl (C=O) groups excluding carboxylic acids is 1. The van der Waals surface area contributed by atoms with Gasteiger partial charge in [0.2, 0.25) is 0 Å². The average molecular weight is 191 g/mol. The maximum atomic E-state index is 12.0. The van der Waals surface area contributed by atoms with E-state index < -0.39 is 12.8 Å². The van der Waals surface area contributed by atoms with Crippen LogP contribution in [0, 0.1) is 0 Å². The molecule has 4 nitrogen and oxygen atoms in total. The summed E-state index contributed by atoms with van der Waals surface area (Å²) in [6, 6.07) is 0. The van der Waals surface area contributed by atoms with Gasteiger partial charge in [-0.15, -0.1) is 0 Å². The Bertz CT molecular complexity index is 175. The second kappa shape index (κ2) is 5.14. The van der Waals surface area contributed by atoms with Gasteiger partial charge in [-0.3, -0.25) is 4.90 Å². The lowest BCUT2D eigenvalue weighted by atomic mass is 10.3. The van der Waals surface area contributed by atoms with Crippen molar-refractivity contribution in [3.8, 4) is 0 Å². The maximum absolute atomic E-state index is 12.0. The SMILES string of the molecule is COC(=O)C1CN(CCF)CCO1. The highest BCUT2D eigenvalue weighted by Gasteiger charge is 2.26. The van der Waals surface area contributed by atoms with Crippen molar-refractivity contribution >= 4 is 5.97 Å². The summed E-state index contributed by atoms with van der Waals surface area (Å²) in [5.41, 5.74) is 0. The first kappa shape index (κ1) is 10.4. The number of halogens is 1. The molecule has 1 unspecified atom stereocenters. The number of ether oxygens (including phenoxy) is 2. The van der Waals surface area contributed by atoms with E-state index in [1.54, 1.807) is 0 Å². The summed E-state index contributed by atoms with van der Waals surface area (Å²) in [7, 11) is 1.32. The van der Waals surface area contributed by atoms with Gasteiger partial charge in [-0.2, -0.15) is 0 Å². The van der Waals surface area contributed by atoms with Crippen molar-refractivity contribution in [2.75, 3.05) is 40.0 Å². The Labute approximate surface area is 76.6 Å². The second-order valence-corrected chi connectivity index (χ2v) is 2.87. The molecule has 0 radical (unpaired) electrons. The first-order valence-electron chi connectivity index (χ1n) is 4.25. The molecule has 0 saturated carbocycles. The quantitative estimate of drug-likeness (QED) is 0.580. The van der Waals surface area contributed by atoms with Gasteiger partial charge in [-0.1, -0.05) is 0 Å². The van der Waals surface area contributed by atoms with Crippen LogP contribution in [0.3, 0.4) is 0 Å². The molecule has 0 N–H and O–H groups in total. The zero-order valence-corrected chi connectivity index (χ0v) is 7.66. The van der Waals surface area contributed by atoms with Crippen LogP contribution in [-0.4, -0.2) is 57.0 Å². The first-order chi connectivity index (χ1) is 6.27. The van der Waals surface area contributed by atoms with Gasteiger partial charge >= 0.3 is 5.97 Å². The molecule has 1 atom stereocenters. The van der Waals surface area contributed by atoms with Crippen molar-refractivity contribution in [2.24, 2.45) is 0 Å². The summed E-state index contributed by atoms with van der Waals surface area (Å²) in [6.45, 7) is 1.53. The third-order valence-corrected chi connectivity index (χ3v) is 2.02. The number of carbonyl (C=O) groups is 1. The predicted octanol–water partition coefficient (Wildman–Crippen LogP) is -0.170. The van der Waals surface area contributed by atoms with E-state index in [0.29, 0.717) is 26.2 Å². The largest absolute Gasteiger partial charge is 0.467 e. The third-order valence-electron chi connectivity index (χ3n) is 2.02. The molecule has 0 spiro atoms. The predicted molar refractivity (Wildman–Crippen MR) is 44.2 cm³/mol. The summed E-state index contributed by atoms with van der Waals surface area (Å²) in [5.74, 6) is -0.386. The average Bonchev–Trinajstić information content (AvgIpc) is 2.18. The van der Waals surface area contributed by atoms with Crippen LogP contribution >= 0.6 is 0 Å². The van der Waals surface area contributed by atoms with E-state index in [0.717, 1.165) is 0 Å². The third kappa shape index (κ3) is 2.93. The Morgan fingerprint density at radius 2 is 2.54 bits per heavy atom. The Morgan fingerprint density at radius 1 is 1.77 bits per heavy atom. The van der Waals surface area contributed by atoms with E-state index >= 15 is 0 Å². The summed E-state index contributed by atoms with van der Waals surface area (Å²) < 4.78 is 21.7. The van der Waals surface area contributed by atoms with Crippen molar-refractivity contribution in [1.29, 1.82) is 0 Å². The van der Waals surface area contributed by atoms with Crippen molar-refractivity contribution < 1.29 is 18.7 Å². The van der Waals surface area contributed by atoms with Crippen molar-refractivity contribution in [3.63, 3.8) is 0 Å². The molecular formula is C8H14FNO3. The molecule has 76 valence electrons. The van der Waals surface area contributed by atoms with Gasteiger partial charge in [-0.25, -0.2) is 9.18 Å². The minimum Gasteiger partial charge on any atom is -0.467 e. The Hall–Kier alpha value is -0.680. The van der Waals surface area contributed by atoms with Crippen LogP contribution in [0.5, 0.6) is 0 Å². The van der Waals surface area contributed by atoms with Crippen molar-refractivity contribution in [2.45, 2.75) is 6.10 Å². The second-order valence-electron chi connectivity index (χ2n) is 2.87. The first-order valence-corrected chi connectivity index (χ1v) is 4.25. The number of morpholine rings is 1. The summed E-state index contributed by atoms with van der Waals surface area (Å²) >= 11 is 0. The van der Waals surface area contributed by atoms with E-state index in [1.807, 2.05) is 4.90 Å². The van der Waals surface area contributed by atoms with Gasteiger partial charge in [0.1, 0.15) is 6.67 Å². The number of hydrogen-bond donors (Lipinski definition) is 0. The van der Waals surface area contributed by atoms with E-state index in [1.165, 1.54) is 7.11 Å². The number of esters is 1. The summed E-state index contributed by atoms with van der Waals surface area (Å²) in [5, 5.41) is 0. The van der Waals surface area contributed by atoms with Crippen LogP contribution in [0.15, 0.2) is 0 Å². The summed E-state index contributed by atoms with van der Waals surface area (Å²) in [4.78, 5) is 12.9.